The maximum Gasteiger partial charge on any atom is 0.133 e. The number of hydrogen-bond donors (Lipinski definition) is 1. The molecule has 0 aliphatic heterocycles. The number of ether oxygens (including phenoxy) is 1. The van der Waals surface area contributed by atoms with Crippen LogP contribution in [0.4, 0.5) is 0 Å². The van der Waals surface area contributed by atoms with Gasteiger partial charge in [0.15, 0.2) is 0 Å². The van der Waals surface area contributed by atoms with Gasteiger partial charge in [-0.25, -0.2) is 4.98 Å². The van der Waals surface area contributed by atoms with Crippen LogP contribution < -0.4 is 0 Å². The largest absolute Gasteiger partial charge is 0.377 e. The Labute approximate surface area is 118 Å². The Morgan fingerprint density at radius 1 is 1.47 bits per heavy atom. The molecule has 0 saturated heterocycles. The first-order valence-electron chi connectivity index (χ1n) is 6.85. The molecule has 1 atom stereocenters. The van der Waals surface area contributed by atoms with Gasteiger partial charge in [0.1, 0.15) is 5.15 Å². The zero-order chi connectivity index (χ0) is 13.6. The van der Waals surface area contributed by atoms with Gasteiger partial charge in [-0.15, -0.1) is 0 Å². The van der Waals surface area contributed by atoms with E-state index in [2.05, 4.69) is 29.9 Å². The molecule has 1 aliphatic carbocycles. The van der Waals surface area contributed by atoms with Crippen molar-refractivity contribution in [3.63, 3.8) is 0 Å². The van der Waals surface area contributed by atoms with Gasteiger partial charge < -0.3 is 9.72 Å². The monoisotopic (exact) mass is 278 g/mol. The maximum atomic E-state index is 6.32. The molecule has 0 aromatic carbocycles. The summed E-state index contributed by atoms with van der Waals surface area (Å²) in [4.78, 5) is 8.12. The van der Waals surface area contributed by atoms with Crippen LogP contribution in [-0.4, -0.2) is 17.1 Å². The van der Waals surface area contributed by atoms with Gasteiger partial charge >= 0.3 is 0 Å². The third kappa shape index (κ3) is 2.05. The molecule has 102 valence electrons. The number of fused-ring (bicyclic) bond motifs is 3. The predicted octanol–water partition coefficient (Wildman–Crippen LogP) is 4.36. The highest BCUT2D eigenvalue weighted by Crippen LogP contribution is 2.38. The molecule has 0 spiro atoms. The molecular formula is C15H19ClN2O. The number of hydrogen-bond acceptors (Lipinski definition) is 2. The van der Waals surface area contributed by atoms with Crippen molar-refractivity contribution >= 4 is 22.6 Å². The molecule has 0 amide bonds. The van der Waals surface area contributed by atoms with E-state index < -0.39 is 0 Å². The van der Waals surface area contributed by atoms with Crippen LogP contribution in [0.2, 0.25) is 5.15 Å². The van der Waals surface area contributed by atoms with E-state index in [1.54, 1.807) is 7.11 Å². The van der Waals surface area contributed by atoms with Crippen molar-refractivity contribution in [2.75, 3.05) is 7.11 Å². The van der Waals surface area contributed by atoms with Crippen LogP contribution in [0.3, 0.4) is 0 Å². The first kappa shape index (κ1) is 12.9. The Morgan fingerprint density at radius 2 is 2.26 bits per heavy atom. The average Bonchev–Trinajstić information content (AvgIpc) is 2.75. The first-order chi connectivity index (χ1) is 9.11. The normalized spacial score (nSPS) is 19.1. The Kier molecular flexibility index (Phi) is 3.27. The summed E-state index contributed by atoms with van der Waals surface area (Å²) in [5.41, 5.74) is 5.64. The number of nitrogens with zero attached hydrogens (tertiary/aromatic N) is 1. The second-order valence-electron chi connectivity index (χ2n) is 5.55. The van der Waals surface area contributed by atoms with Crippen LogP contribution in [0.1, 0.15) is 55.5 Å². The van der Waals surface area contributed by atoms with Gasteiger partial charge in [0.2, 0.25) is 0 Å². The molecular weight excluding hydrogens is 260 g/mol. The molecule has 0 radical (unpaired) electrons. The molecule has 1 aliphatic rings. The van der Waals surface area contributed by atoms with Gasteiger partial charge in [0, 0.05) is 18.4 Å². The third-order valence-electron chi connectivity index (χ3n) is 3.99. The summed E-state index contributed by atoms with van der Waals surface area (Å²) in [5, 5.41) is 0.615. The lowest BCUT2D eigenvalue weighted by Gasteiger charge is -2.21. The standard InChI is InChI=1S/C15H19ClN2O/c1-8(2)9-7-11-14(18-15(9)16)13-10(17-11)5-4-6-12(13)19-3/h7-8,12,17H,4-6H2,1-3H3. The van der Waals surface area contributed by atoms with E-state index in [1.165, 1.54) is 11.3 Å². The minimum absolute atomic E-state index is 0.144. The SMILES string of the molecule is COC1CCCc2[nH]c3cc(C(C)C)c(Cl)nc3c21. The molecule has 3 nitrogen and oxygen atoms in total. The average molecular weight is 279 g/mol. The molecule has 19 heavy (non-hydrogen) atoms. The van der Waals surface area contributed by atoms with Crippen molar-refractivity contribution < 1.29 is 4.74 Å². The molecule has 0 saturated carbocycles. The first-order valence-corrected chi connectivity index (χ1v) is 7.23. The maximum absolute atomic E-state index is 6.32. The van der Waals surface area contributed by atoms with E-state index in [0.29, 0.717) is 11.1 Å². The molecule has 2 heterocycles. The van der Waals surface area contributed by atoms with Crippen LogP contribution in [0.15, 0.2) is 6.07 Å². The van der Waals surface area contributed by atoms with Crippen LogP contribution >= 0.6 is 11.6 Å². The van der Waals surface area contributed by atoms with Crippen molar-refractivity contribution in [3.05, 3.63) is 28.0 Å². The summed E-state index contributed by atoms with van der Waals surface area (Å²) in [6.45, 7) is 4.27. The fourth-order valence-electron chi connectivity index (χ4n) is 2.97. The second kappa shape index (κ2) is 4.80. The van der Waals surface area contributed by atoms with Crippen LogP contribution in [-0.2, 0) is 11.2 Å². The molecule has 1 N–H and O–H groups in total. The number of nitrogens with one attached hydrogen (secondary N) is 1. The number of pyridine rings is 1. The Hall–Kier alpha value is -1.06. The van der Waals surface area contributed by atoms with E-state index in [4.69, 9.17) is 16.3 Å². The number of aromatic nitrogens is 2. The fourth-order valence-corrected chi connectivity index (χ4v) is 3.33. The highest BCUT2D eigenvalue weighted by molar-refractivity contribution is 6.30. The number of methoxy groups -OCH3 is 1. The predicted molar refractivity (Wildman–Crippen MR) is 77.9 cm³/mol. The second-order valence-corrected chi connectivity index (χ2v) is 5.91. The van der Waals surface area contributed by atoms with Crippen molar-refractivity contribution in [2.45, 2.75) is 45.1 Å². The lowest BCUT2D eigenvalue weighted by atomic mass is 9.94. The molecule has 0 fully saturated rings. The van der Waals surface area contributed by atoms with E-state index in [9.17, 15) is 0 Å². The molecule has 4 heteroatoms. The quantitative estimate of drug-likeness (QED) is 0.829. The zero-order valence-corrected chi connectivity index (χ0v) is 12.3. The van der Waals surface area contributed by atoms with Gasteiger partial charge in [-0.2, -0.15) is 0 Å². The van der Waals surface area contributed by atoms with Gasteiger partial charge in [-0.1, -0.05) is 25.4 Å². The third-order valence-corrected chi connectivity index (χ3v) is 4.29. The van der Waals surface area contributed by atoms with E-state index in [-0.39, 0.29) is 6.10 Å². The van der Waals surface area contributed by atoms with Gasteiger partial charge in [0.05, 0.1) is 17.1 Å². The Balaban J connectivity index is 2.23. The topological polar surface area (TPSA) is 37.9 Å². The molecule has 2 aromatic heterocycles. The van der Waals surface area contributed by atoms with Gasteiger partial charge in [-0.3, -0.25) is 0 Å². The summed E-state index contributed by atoms with van der Waals surface area (Å²) in [6.07, 6.45) is 3.43. The lowest BCUT2D eigenvalue weighted by Crippen LogP contribution is -2.10. The summed E-state index contributed by atoms with van der Waals surface area (Å²) in [6, 6.07) is 2.14. The summed E-state index contributed by atoms with van der Waals surface area (Å²) >= 11 is 6.32. The highest BCUT2D eigenvalue weighted by Gasteiger charge is 2.26. The van der Waals surface area contributed by atoms with Crippen molar-refractivity contribution in [1.29, 1.82) is 0 Å². The molecule has 1 unspecified atom stereocenters. The fraction of sp³-hybridized carbons (Fsp3) is 0.533. The van der Waals surface area contributed by atoms with Crippen LogP contribution in [0, 0.1) is 0 Å². The van der Waals surface area contributed by atoms with E-state index in [1.807, 2.05) is 0 Å². The number of aromatic amines is 1. The Bertz CT molecular complexity index is 618. The highest BCUT2D eigenvalue weighted by atomic mass is 35.5. The number of halogens is 1. The van der Waals surface area contributed by atoms with Gasteiger partial charge in [-0.05, 0) is 36.8 Å². The number of rotatable bonds is 2. The van der Waals surface area contributed by atoms with E-state index in [0.717, 1.165) is 35.9 Å². The molecule has 3 rings (SSSR count). The Morgan fingerprint density at radius 3 is 2.95 bits per heavy atom. The summed E-state index contributed by atoms with van der Waals surface area (Å²) < 4.78 is 5.60. The molecule has 0 bridgehead atoms. The zero-order valence-electron chi connectivity index (χ0n) is 11.6. The molecule has 2 aromatic rings. The summed E-state index contributed by atoms with van der Waals surface area (Å²) in [7, 11) is 1.77. The smallest absolute Gasteiger partial charge is 0.133 e. The lowest BCUT2D eigenvalue weighted by molar-refractivity contribution is 0.0890. The van der Waals surface area contributed by atoms with E-state index >= 15 is 0 Å². The minimum Gasteiger partial charge on any atom is -0.377 e. The van der Waals surface area contributed by atoms with Crippen molar-refractivity contribution in [2.24, 2.45) is 0 Å². The van der Waals surface area contributed by atoms with Crippen LogP contribution in [0.5, 0.6) is 0 Å². The van der Waals surface area contributed by atoms with Gasteiger partial charge in [0.25, 0.3) is 0 Å². The number of aryl methyl sites for hydroxylation is 1. The van der Waals surface area contributed by atoms with Crippen molar-refractivity contribution in [3.8, 4) is 0 Å². The minimum atomic E-state index is 0.144. The summed E-state index contributed by atoms with van der Waals surface area (Å²) in [5.74, 6) is 0.378. The van der Waals surface area contributed by atoms with Crippen LogP contribution in [0.25, 0.3) is 11.0 Å². The number of H-pyrrole nitrogens is 1. The van der Waals surface area contributed by atoms with Crippen molar-refractivity contribution in [1.82, 2.24) is 9.97 Å².